The van der Waals surface area contributed by atoms with E-state index in [0.29, 0.717) is 5.75 Å². The minimum Gasteiger partial charge on any atom is -0.507 e. The molecule has 0 saturated carbocycles. The van der Waals surface area contributed by atoms with Crippen molar-refractivity contribution < 1.29 is 5.11 Å². The molecule has 2 aliphatic rings. The van der Waals surface area contributed by atoms with Crippen molar-refractivity contribution in [2.24, 2.45) is 0 Å². The lowest BCUT2D eigenvalue weighted by molar-refractivity contribution is 0.119. The molecular weight excluding hydrogens is 589 g/mol. The van der Waals surface area contributed by atoms with Crippen LogP contribution in [0.3, 0.4) is 0 Å². The van der Waals surface area contributed by atoms with E-state index in [1.165, 1.54) is 27.1 Å². The highest BCUT2D eigenvalue weighted by molar-refractivity contribution is 7.80. The van der Waals surface area contributed by atoms with Crippen molar-refractivity contribution in [2.45, 2.75) is 39.5 Å². The maximum atomic E-state index is 11.7. The molecule has 8 heteroatoms. The summed E-state index contributed by atoms with van der Waals surface area (Å²) in [4.78, 5) is 11.4. The zero-order valence-electron chi connectivity index (χ0n) is 25.1. The summed E-state index contributed by atoms with van der Waals surface area (Å²) in [7, 11) is 3.49. The van der Waals surface area contributed by atoms with Gasteiger partial charge in [-0.2, -0.15) is 0 Å². The SMILES string of the molecule is CCc1c(-c2cc(CN3CCN(Cc4ccccc4)CC3)c(O)c(CN3CCN(Cc4ccccc4)CC3)c2)ssc1=S. The zero-order valence-corrected chi connectivity index (χ0v) is 27.5. The van der Waals surface area contributed by atoms with Crippen molar-refractivity contribution in [3.8, 4) is 16.2 Å². The Morgan fingerprint density at radius 3 is 1.47 bits per heavy atom. The maximum absolute atomic E-state index is 11.7. The van der Waals surface area contributed by atoms with Gasteiger partial charge in [-0.3, -0.25) is 19.6 Å². The molecular formula is C35H42N4OS3. The third-order valence-corrected chi connectivity index (χ3v) is 12.0. The number of benzene rings is 3. The van der Waals surface area contributed by atoms with Gasteiger partial charge in [-0.15, -0.1) is 0 Å². The first-order chi connectivity index (χ1) is 21.1. The lowest BCUT2D eigenvalue weighted by Crippen LogP contribution is -2.45. The smallest absolute Gasteiger partial charge is 0.124 e. The van der Waals surface area contributed by atoms with Crippen LogP contribution in [0.2, 0.25) is 0 Å². The van der Waals surface area contributed by atoms with Gasteiger partial charge in [0.05, 0.1) is 4.88 Å². The van der Waals surface area contributed by atoms with Gasteiger partial charge in [0, 0.05) is 89.7 Å². The molecule has 0 bridgehead atoms. The summed E-state index contributed by atoms with van der Waals surface area (Å²) in [5.41, 5.74) is 7.31. The van der Waals surface area contributed by atoms with Crippen molar-refractivity contribution in [2.75, 3.05) is 52.4 Å². The Kier molecular flexibility index (Phi) is 10.4. The Morgan fingerprint density at radius 1 is 0.628 bits per heavy atom. The van der Waals surface area contributed by atoms with E-state index in [1.807, 2.05) is 0 Å². The number of phenols is 1. The van der Waals surface area contributed by atoms with E-state index in [2.05, 4.69) is 99.3 Å². The summed E-state index contributed by atoms with van der Waals surface area (Å²) in [5, 5.41) is 11.7. The van der Waals surface area contributed by atoms with Gasteiger partial charge < -0.3 is 5.11 Å². The molecule has 0 atom stereocenters. The third kappa shape index (κ3) is 7.81. The van der Waals surface area contributed by atoms with Crippen LogP contribution >= 0.6 is 32.9 Å². The Balaban J connectivity index is 1.16. The lowest BCUT2D eigenvalue weighted by Gasteiger charge is -2.36. The number of rotatable bonds is 10. The minimum absolute atomic E-state index is 0.471. The summed E-state index contributed by atoms with van der Waals surface area (Å²) in [6.45, 7) is 13.9. The van der Waals surface area contributed by atoms with Crippen LogP contribution in [0.15, 0.2) is 72.8 Å². The van der Waals surface area contributed by atoms with Crippen LogP contribution < -0.4 is 0 Å². The minimum atomic E-state index is 0.471. The van der Waals surface area contributed by atoms with Crippen molar-refractivity contribution in [3.63, 3.8) is 0 Å². The van der Waals surface area contributed by atoms with Gasteiger partial charge in [-0.05, 0) is 40.8 Å². The van der Waals surface area contributed by atoms with Crippen LogP contribution in [-0.2, 0) is 32.6 Å². The summed E-state index contributed by atoms with van der Waals surface area (Å²) < 4.78 is 1.00. The van der Waals surface area contributed by atoms with Gasteiger partial charge in [-0.25, -0.2) is 0 Å². The van der Waals surface area contributed by atoms with Crippen molar-refractivity contribution >= 4 is 32.9 Å². The van der Waals surface area contributed by atoms with E-state index in [-0.39, 0.29) is 0 Å². The zero-order chi connectivity index (χ0) is 29.6. The average Bonchev–Trinajstić information content (AvgIpc) is 3.42. The summed E-state index contributed by atoms with van der Waals surface area (Å²) in [6.07, 6.45) is 0.937. The van der Waals surface area contributed by atoms with E-state index >= 15 is 0 Å². The van der Waals surface area contributed by atoms with Crippen molar-refractivity contribution in [3.05, 3.63) is 104 Å². The topological polar surface area (TPSA) is 33.2 Å². The molecule has 0 radical (unpaired) electrons. The monoisotopic (exact) mass is 630 g/mol. The van der Waals surface area contributed by atoms with Crippen LogP contribution in [0.25, 0.3) is 10.4 Å². The number of aromatic hydroxyl groups is 1. The largest absolute Gasteiger partial charge is 0.507 e. The quantitative estimate of drug-likeness (QED) is 0.149. The Bertz CT molecular complexity index is 1440. The number of hydrogen-bond acceptors (Lipinski definition) is 8. The fourth-order valence-corrected chi connectivity index (χ4v) is 9.43. The molecule has 4 aromatic rings. The molecule has 0 spiro atoms. The van der Waals surface area contributed by atoms with Gasteiger partial charge in [0.2, 0.25) is 0 Å². The molecule has 226 valence electrons. The molecule has 2 aliphatic heterocycles. The molecule has 3 aromatic carbocycles. The number of hydrogen-bond donors (Lipinski definition) is 1. The molecule has 2 fully saturated rings. The Morgan fingerprint density at radius 2 is 1.05 bits per heavy atom. The normalized spacial score (nSPS) is 17.4. The molecule has 3 heterocycles. The van der Waals surface area contributed by atoms with Crippen molar-refractivity contribution in [1.29, 1.82) is 0 Å². The highest BCUT2D eigenvalue weighted by atomic mass is 32.9. The van der Waals surface area contributed by atoms with Gasteiger partial charge in [-0.1, -0.05) is 100 Å². The Hall–Kier alpha value is -2.43. The van der Waals surface area contributed by atoms with Crippen LogP contribution in [0.4, 0.5) is 0 Å². The molecule has 43 heavy (non-hydrogen) atoms. The maximum Gasteiger partial charge on any atom is 0.124 e. The number of nitrogens with zero attached hydrogens (tertiary/aromatic N) is 4. The van der Waals surface area contributed by atoms with Gasteiger partial charge in [0.15, 0.2) is 0 Å². The lowest BCUT2D eigenvalue weighted by atomic mass is 9.99. The van der Waals surface area contributed by atoms with Crippen LogP contribution in [0, 0.1) is 3.82 Å². The molecule has 0 unspecified atom stereocenters. The highest BCUT2D eigenvalue weighted by Gasteiger charge is 2.23. The van der Waals surface area contributed by atoms with E-state index < -0.39 is 0 Å². The van der Waals surface area contributed by atoms with Crippen LogP contribution in [-0.4, -0.2) is 77.1 Å². The first-order valence-corrected chi connectivity index (χ1v) is 18.1. The van der Waals surface area contributed by atoms with E-state index in [0.717, 1.165) is 99.9 Å². The highest BCUT2D eigenvalue weighted by Crippen LogP contribution is 2.39. The van der Waals surface area contributed by atoms with Gasteiger partial charge in [0.1, 0.15) is 9.57 Å². The Labute approximate surface area is 269 Å². The number of phenolic OH excluding ortho intramolecular Hbond substituents is 1. The predicted molar refractivity (Wildman–Crippen MR) is 184 cm³/mol. The van der Waals surface area contributed by atoms with Crippen LogP contribution in [0.1, 0.15) is 34.7 Å². The fraction of sp³-hybridized carbons (Fsp3) is 0.400. The van der Waals surface area contributed by atoms with Gasteiger partial charge >= 0.3 is 0 Å². The average molecular weight is 631 g/mol. The molecule has 0 aliphatic carbocycles. The molecule has 1 N–H and O–H groups in total. The van der Waals surface area contributed by atoms with Gasteiger partial charge in [0.25, 0.3) is 0 Å². The first-order valence-electron chi connectivity index (χ1n) is 15.5. The molecule has 6 rings (SSSR count). The summed E-state index contributed by atoms with van der Waals surface area (Å²) in [5.74, 6) is 0.471. The molecule has 0 amide bonds. The second-order valence-corrected chi connectivity index (χ2v) is 14.7. The van der Waals surface area contributed by atoms with E-state index in [4.69, 9.17) is 12.2 Å². The molecule has 2 saturated heterocycles. The van der Waals surface area contributed by atoms with E-state index in [1.54, 1.807) is 20.7 Å². The fourth-order valence-electron chi connectivity index (χ4n) is 6.31. The van der Waals surface area contributed by atoms with Crippen molar-refractivity contribution in [1.82, 2.24) is 19.6 Å². The number of piperazine rings is 2. The second kappa shape index (κ2) is 14.6. The summed E-state index contributed by atoms with van der Waals surface area (Å²) in [6, 6.07) is 26.0. The summed E-state index contributed by atoms with van der Waals surface area (Å²) >= 11 is 5.69. The third-order valence-electron chi connectivity index (χ3n) is 8.82. The first kappa shape index (κ1) is 30.6. The van der Waals surface area contributed by atoms with Crippen LogP contribution in [0.5, 0.6) is 5.75 Å². The second-order valence-electron chi connectivity index (χ2n) is 11.8. The van der Waals surface area contributed by atoms with E-state index in [9.17, 15) is 5.11 Å². The predicted octanol–water partition coefficient (Wildman–Crippen LogP) is 7.11. The standard InChI is InChI=1S/C35H42N4OS3/c1-2-32-34(42-43-35(32)41)29-21-30(25-38-17-13-36(14-18-38)23-27-9-5-3-6-10-27)33(40)31(22-29)26-39-19-15-37(16-20-39)24-28-11-7-4-8-12-28/h3-12,21-22,40H,2,13-20,23-26H2,1H3. The molecule has 1 aromatic heterocycles. The molecule has 5 nitrogen and oxygen atoms in total.